The maximum atomic E-state index is 9.97. The molecule has 0 aliphatic heterocycles. The van der Waals surface area contributed by atoms with E-state index in [4.69, 9.17) is 5.73 Å². The van der Waals surface area contributed by atoms with Crippen LogP contribution < -0.4 is 5.73 Å². The van der Waals surface area contributed by atoms with E-state index in [0.29, 0.717) is 5.92 Å². The Morgan fingerprint density at radius 2 is 2.36 bits per heavy atom. The molecule has 4 heteroatoms. The molecule has 3 N–H and O–H groups in total. The van der Waals surface area contributed by atoms with Crippen molar-refractivity contribution in [3.05, 3.63) is 10.7 Å². The Morgan fingerprint density at radius 3 is 2.79 bits per heavy atom. The summed E-state index contributed by atoms with van der Waals surface area (Å²) >= 11 is 1.44. The predicted octanol–water partition coefficient (Wildman–Crippen LogP) is 2.12. The summed E-state index contributed by atoms with van der Waals surface area (Å²) in [5.41, 5.74) is 6.73. The van der Waals surface area contributed by atoms with Gasteiger partial charge in [-0.2, -0.15) is 0 Å². The highest BCUT2D eigenvalue weighted by atomic mass is 32.1. The van der Waals surface area contributed by atoms with Gasteiger partial charge in [-0.3, -0.25) is 0 Å². The molecule has 1 aliphatic rings. The van der Waals surface area contributed by atoms with Gasteiger partial charge in [0.15, 0.2) is 0 Å². The van der Waals surface area contributed by atoms with Gasteiger partial charge in [-0.15, -0.1) is 0 Å². The van der Waals surface area contributed by atoms with Crippen LogP contribution in [0.5, 0.6) is 0 Å². The number of rotatable bonds is 3. The van der Waals surface area contributed by atoms with E-state index in [1.165, 1.54) is 17.8 Å². The van der Waals surface area contributed by atoms with E-state index < -0.39 is 0 Å². The summed E-state index contributed by atoms with van der Waals surface area (Å²) in [5, 5.41) is 11.5. The van der Waals surface area contributed by atoms with Gasteiger partial charge < -0.3 is 10.8 Å². The third kappa shape index (κ3) is 1.64. The second-order valence-corrected chi connectivity index (χ2v) is 4.91. The molecule has 1 heterocycles. The Kier molecular flexibility index (Phi) is 2.74. The van der Waals surface area contributed by atoms with Crippen LogP contribution in [-0.2, 0) is 6.42 Å². The Morgan fingerprint density at radius 1 is 1.64 bits per heavy atom. The fourth-order valence-electron chi connectivity index (χ4n) is 1.72. The van der Waals surface area contributed by atoms with Crippen LogP contribution in [0.3, 0.4) is 0 Å². The number of nitrogens with two attached hydrogens (primary N) is 1. The molecule has 78 valence electrons. The van der Waals surface area contributed by atoms with Gasteiger partial charge in [0, 0.05) is 0 Å². The first-order valence-electron chi connectivity index (χ1n) is 5.15. The Hall–Kier alpha value is -0.610. The first-order valence-corrected chi connectivity index (χ1v) is 5.97. The largest absolute Gasteiger partial charge is 0.389 e. The highest BCUT2D eigenvalue weighted by Crippen LogP contribution is 2.39. The molecule has 1 aromatic heterocycles. The van der Waals surface area contributed by atoms with E-state index in [1.807, 2.05) is 6.92 Å². The first kappa shape index (κ1) is 9.93. The maximum Gasteiger partial charge on any atom is 0.124 e. The number of aliphatic hydroxyl groups excluding tert-OH is 1. The summed E-state index contributed by atoms with van der Waals surface area (Å²) < 4.78 is 0. The molecule has 14 heavy (non-hydrogen) atoms. The molecule has 0 spiro atoms. The lowest BCUT2D eigenvalue weighted by Gasteiger charge is -2.28. The third-order valence-electron chi connectivity index (χ3n) is 2.93. The van der Waals surface area contributed by atoms with Crippen molar-refractivity contribution >= 4 is 16.3 Å². The van der Waals surface area contributed by atoms with Gasteiger partial charge in [-0.05, 0) is 25.2 Å². The molecule has 1 unspecified atom stereocenters. The summed E-state index contributed by atoms with van der Waals surface area (Å²) in [6.45, 7) is 2.03. The molecule has 2 rings (SSSR count). The first-order chi connectivity index (χ1) is 6.72. The van der Waals surface area contributed by atoms with Crippen LogP contribution >= 0.6 is 11.3 Å². The molecule has 1 saturated carbocycles. The van der Waals surface area contributed by atoms with Crippen molar-refractivity contribution in [1.29, 1.82) is 0 Å². The van der Waals surface area contributed by atoms with Gasteiger partial charge >= 0.3 is 0 Å². The standard InChI is InChI=1S/C10H16N2OS/c1-2-7-9(11)14-10(12-7)8(13)6-4-3-5-6/h6,8,13H,2-5,11H2,1H3. The minimum Gasteiger partial charge on any atom is -0.389 e. The zero-order valence-electron chi connectivity index (χ0n) is 8.36. The van der Waals surface area contributed by atoms with Crippen molar-refractivity contribution < 1.29 is 5.11 Å². The molecule has 0 aromatic carbocycles. The summed E-state index contributed by atoms with van der Waals surface area (Å²) in [6.07, 6.45) is 3.96. The van der Waals surface area contributed by atoms with Gasteiger partial charge in [0.1, 0.15) is 16.1 Å². The van der Waals surface area contributed by atoms with E-state index in [-0.39, 0.29) is 6.10 Å². The number of aliphatic hydroxyl groups is 1. The van der Waals surface area contributed by atoms with Gasteiger partial charge in [-0.1, -0.05) is 24.7 Å². The monoisotopic (exact) mass is 212 g/mol. The number of anilines is 1. The van der Waals surface area contributed by atoms with E-state index in [9.17, 15) is 5.11 Å². The van der Waals surface area contributed by atoms with Crippen LogP contribution in [0.1, 0.15) is 43.0 Å². The normalized spacial score (nSPS) is 19.3. The number of hydrogen-bond acceptors (Lipinski definition) is 4. The van der Waals surface area contributed by atoms with E-state index in [1.54, 1.807) is 0 Å². The molecule has 1 aromatic rings. The van der Waals surface area contributed by atoms with Crippen molar-refractivity contribution in [2.24, 2.45) is 5.92 Å². The Labute approximate surface area is 88.0 Å². The van der Waals surface area contributed by atoms with E-state index in [0.717, 1.165) is 35.0 Å². The minimum absolute atomic E-state index is 0.378. The molecule has 0 radical (unpaired) electrons. The van der Waals surface area contributed by atoms with Gasteiger partial charge in [-0.25, -0.2) is 4.98 Å². The molecule has 3 nitrogen and oxygen atoms in total. The molecule has 1 aliphatic carbocycles. The fraction of sp³-hybridized carbons (Fsp3) is 0.700. The lowest BCUT2D eigenvalue weighted by atomic mass is 9.81. The Balaban J connectivity index is 2.14. The summed E-state index contributed by atoms with van der Waals surface area (Å²) in [6, 6.07) is 0. The topological polar surface area (TPSA) is 59.1 Å². The molecular formula is C10H16N2OS. The van der Waals surface area contributed by atoms with Gasteiger partial charge in [0.2, 0.25) is 0 Å². The van der Waals surface area contributed by atoms with Gasteiger partial charge in [0.05, 0.1) is 5.69 Å². The van der Waals surface area contributed by atoms with E-state index in [2.05, 4.69) is 4.98 Å². The molecule has 0 saturated heterocycles. The third-order valence-corrected chi connectivity index (χ3v) is 3.93. The van der Waals surface area contributed by atoms with Crippen molar-refractivity contribution in [3.8, 4) is 0 Å². The quantitative estimate of drug-likeness (QED) is 0.807. The van der Waals surface area contributed by atoms with Crippen LogP contribution in [0.15, 0.2) is 0 Å². The second kappa shape index (κ2) is 3.87. The van der Waals surface area contributed by atoms with Crippen LogP contribution in [0, 0.1) is 5.92 Å². The lowest BCUT2D eigenvalue weighted by Crippen LogP contribution is -2.19. The molecule has 1 atom stereocenters. The zero-order valence-corrected chi connectivity index (χ0v) is 9.18. The van der Waals surface area contributed by atoms with Crippen molar-refractivity contribution in [2.45, 2.75) is 38.7 Å². The molecule has 0 bridgehead atoms. The fourth-order valence-corrected chi connectivity index (χ4v) is 2.72. The van der Waals surface area contributed by atoms with Crippen LogP contribution in [0.2, 0.25) is 0 Å². The summed E-state index contributed by atoms with van der Waals surface area (Å²) in [5.74, 6) is 0.422. The number of nitrogen functional groups attached to an aromatic ring is 1. The summed E-state index contributed by atoms with van der Waals surface area (Å²) in [4.78, 5) is 4.37. The maximum absolute atomic E-state index is 9.97. The molecule has 0 amide bonds. The molecular weight excluding hydrogens is 196 g/mol. The highest BCUT2D eigenvalue weighted by molar-refractivity contribution is 7.15. The predicted molar refractivity (Wildman–Crippen MR) is 58.2 cm³/mol. The number of aromatic nitrogens is 1. The highest BCUT2D eigenvalue weighted by Gasteiger charge is 2.29. The van der Waals surface area contributed by atoms with Crippen molar-refractivity contribution in [1.82, 2.24) is 4.98 Å². The number of hydrogen-bond donors (Lipinski definition) is 2. The zero-order chi connectivity index (χ0) is 10.1. The summed E-state index contributed by atoms with van der Waals surface area (Å²) in [7, 11) is 0. The SMILES string of the molecule is CCc1nc(C(O)C2CCC2)sc1N. The molecule has 1 fully saturated rings. The number of nitrogens with zero attached hydrogens (tertiary/aromatic N) is 1. The number of aryl methyl sites for hydroxylation is 1. The Bertz CT molecular complexity index is 320. The average Bonchev–Trinajstić information content (AvgIpc) is 2.43. The lowest BCUT2D eigenvalue weighted by molar-refractivity contribution is 0.0618. The van der Waals surface area contributed by atoms with Crippen LogP contribution in [0.4, 0.5) is 5.00 Å². The second-order valence-electron chi connectivity index (χ2n) is 3.85. The minimum atomic E-state index is -0.378. The van der Waals surface area contributed by atoms with Gasteiger partial charge in [0.25, 0.3) is 0 Å². The van der Waals surface area contributed by atoms with Crippen molar-refractivity contribution in [2.75, 3.05) is 5.73 Å². The van der Waals surface area contributed by atoms with Crippen LogP contribution in [0.25, 0.3) is 0 Å². The van der Waals surface area contributed by atoms with Crippen molar-refractivity contribution in [3.63, 3.8) is 0 Å². The smallest absolute Gasteiger partial charge is 0.124 e. The van der Waals surface area contributed by atoms with E-state index >= 15 is 0 Å². The van der Waals surface area contributed by atoms with Crippen LogP contribution in [-0.4, -0.2) is 10.1 Å². The average molecular weight is 212 g/mol. The number of thiazole rings is 1.